The van der Waals surface area contributed by atoms with Crippen molar-refractivity contribution in [3.8, 4) is 11.5 Å². The fraction of sp³-hybridized carbons (Fsp3) is 0.250. The molecule has 0 radical (unpaired) electrons. The highest BCUT2D eigenvalue weighted by Gasteiger charge is 2.11. The average Bonchev–Trinajstić information content (AvgIpc) is 2.46. The van der Waals surface area contributed by atoms with Gasteiger partial charge in [-0.2, -0.15) is 0 Å². The molecule has 1 atom stereocenters. The molecule has 0 saturated carbocycles. The molecular weight excluding hydrogens is 276 g/mol. The smallest absolute Gasteiger partial charge is 0.165 e. The zero-order valence-corrected chi connectivity index (χ0v) is 11.9. The lowest BCUT2D eigenvalue weighted by atomic mass is 10.1. The summed E-state index contributed by atoms with van der Waals surface area (Å²) in [5.41, 5.74) is 7.26. The molecule has 0 bridgehead atoms. The number of hydrogen-bond acceptors (Lipinski definition) is 3. The highest BCUT2D eigenvalue weighted by molar-refractivity contribution is 5.33. The number of aryl methyl sites for hydroxylation is 1. The van der Waals surface area contributed by atoms with Gasteiger partial charge in [0.15, 0.2) is 11.6 Å². The van der Waals surface area contributed by atoms with Crippen molar-refractivity contribution < 1.29 is 18.3 Å². The van der Waals surface area contributed by atoms with E-state index in [1.807, 2.05) is 0 Å². The fourth-order valence-electron chi connectivity index (χ4n) is 1.96. The highest BCUT2D eigenvalue weighted by Crippen LogP contribution is 2.23. The minimum absolute atomic E-state index is 0.165. The lowest BCUT2D eigenvalue weighted by molar-refractivity contribution is 0.288. The molecule has 0 aromatic heterocycles. The van der Waals surface area contributed by atoms with Gasteiger partial charge in [-0.25, -0.2) is 8.78 Å². The van der Waals surface area contributed by atoms with Gasteiger partial charge in [0.25, 0.3) is 0 Å². The molecule has 0 amide bonds. The van der Waals surface area contributed by atoms with E-state index in [1.165, 1.54) is 31.4 Å². The lowest BCUT2D eigenvalue weighted by Gasteiger charge is -2.15. The maximum absolute atomic E-state index is 13.6. The lowest BCUT2D eigenvalue weighted by Crippen LogP contribution is -2.19. The highest BCUT2D eigenvalue weighted by atomic mass is 19.1. The van der Waals surface area contributed by atoms with Crippen LogP contribution in [0.4, 0.5) is 8.78 Å². The quantitative estimate of drug-likeness (QED) is 0.919. The Balaban J connectivity index is 2.04. The van der Waals surface area contributed by atoms with Crippen LogP contribution in [-0.2, 0) is 0 Å². The predicted molar refractivity (Wildman–Crippen MR) is 76.5 cm³/mol. The summed E-state index contributed by atoms with van der Waals surface area (Å²) in [5.74, 6) is -0.0631. The molecular formula is C16H17F2NO2. The van der Waals surface area contributed by atoms with Crippen LogP contribution in [0, 0.1) is 18.6 Å². The molecule has 2 N–H and O–H groups in total. The van der Waals surface area contributed by atoms with Crippen LogP contribution >= 0.6 is 0 Å². The third-order valence-electron chi connectivity index (χ3n) is 3.16. The van der Waals surface area contributed by atoms with Crippen molar-refractivity contribution in [3.05, 3.63) is 59.2 Å². The molecule has 0 heterocycles. The van der Waals surface area contributed by atoms with E-state index in [2.05, 4.69) is 0 Å². The first-order valence-corrected chi connectivity index (χ1v) is 6.49. The number of benzene rings is 2. The number of rotatable bonds is 5. The summed E-state index contributed by atoms with van der Waals surface area (Å²) in [6, 6.07) is 8.29. The monoisotopic (exact) mass is 293 g/mol. The minimum Gasteiger partial charge on any atom is -0.494 e. The zero-order valence-electron chi connectivity index (χ0n) is 11.9. The van der Waals surface area contributed by atoms with Crippen molar-refractivity contribution in [2.75, 3.05) is 13.7 Å². The number of halogens is 2. The summed E-state index contributed by atoms with van der Waals surface area (Å²) in [7, 11) is 1.40. The number of hydrogen-bond donors (Lipinski definition) is 1. The second kappa shape index (κ2) is 6.54. The van der Waals surface area contributed by atoms with E-state index in [0.717, 1.165) is 0 Å². The van der Waals surface area contributed by atoms with Gasteiger partial charge in [0.1, 0.15) is 18.2 Å². The molecule has 2 rings (SSSR count). The zero-order chi connectivity index (χ0) is 15.4. The van der Waals surface area contributed by atoms with Crippen molar-refractivity contribution in [2.45, 2.75) is 13.0 Å². The van der Waals surface area contributed by atoms with Crippen LogP contribution in [0.15, 0.2) is 36.4 Å². The molecule has 2 aromatic rings. The van der Waals surface area contributed by atoms with Gasteiger partial charge in [-0.05, 0) is 48.4 Å². The van der Waals surface area contributed by atoms with Crippen molar-refractivity contribution in [1.29, 1.82) is 0 Å². The van der Waals surface area contributed by atoms with E-state index in [0.29, 0.717) is 16.9 Å². The largest absolute Gasteiger partial charge is 0.494 e. The van der Waals surface area contributed by atoms with Gasteiger partial charge in [0.05, 0.1) is 13.2 Å². The standard InChI is InChI=1S/C16H17F2NO2/c1-10-7-12(17)4-6-15(10)21-9-14(19)11-3-5-16(20-2)13(18)8-11/h3-8,14H,9,19H2,1-2H3. The van der Waals surface area contributed by atoms with Crippen molar-refractivity contribution in [1.82, 2.24) is 0 Å². The van der Waals surface area contributed by atoms with Crippen LogP contribution in [0.1, 0.15) is 17.2 Å². The van der Waals surface area contributed by atoms with E-state index in [4.69, 9.17) is 15.2 Å². The van der Waals surface area contributed by atoms with Crippen LogP contribution < -0.4 is 15.2 Å². The van der Waals surface area contributed by atoms with Gasteiger partial charge in [0, 0.05) is 0 Å². The average molecular weight is 293 g/mol. The Morgan fingerprint density at radius 1 is 1.10 bits per heavy atom. The van der Waals surface area contributed by atoms with Gasteiger partial charge in [-0.1, -0.05) is 6.07 Å². The van der Waals surface area contributed by atoms with E-state index in [9.17, 15) is 8.78 Å². The van der Waals surface area contributed by atoms with Gasteiger partial charge < -0.3 is 15.2 Å². The number of nitrogens with two attached hydrogens (primary N) is 1. The Morgan fingerprint density at radius 2 is 1.81 bits per heavy atom. The Labute approximate surface area is 122 Å². The van der Waals surface area contributed by atoms with Gasteiger partial charge >= 0.3 is 0 Å². The molecule has 0 aliphatic carbocycles. The Hall–Kier alpha value is -2.14. The van der Waals surface area contributed by atoms with Crippen LogP contribution in [0.2, 0.25) is 0 Å². The van der Waals surface area contributed by atoms with Crippen LogP contribution in [0.25, 0.3) is 0 Å². The molecule has 0 spiro atoms. The van der Waals surface area contributed by atoms with Crippen LogP contribution in [-0.4, -0.2) is 13.7 Å². The third-order valence-corrected chi connectivity index (χ3v) is 3.16. The van der Waals surface area contributed by atoms with E-state index in [-0.39, 0.29) is 18.2 Å². The maximum atomic E-state index is 13.6. The summed E-state index contributed by atoms with van der Waals surface area (Å²) in [6.45, 7) is 1.91. The van der Waals surface area contributed by atoms with Gasteiger partial charge in [-0.3, -0.25) is 0 Å². The van der Waals surface area contributed by atoms with E-state index < -0.39 is 11.9 Å². The molecule has 1 unspecified atom stereocenters. The molecule has 3 nitrogen and oxygen atoms in total. The maximum Gasteiger partial charge on any atom is 0.165 e. The molecule has 0 aliphatic rings. The first-order chi connectivity index (χ1) is 10.0. The van der Waals surface area contributed by atoms with Gasteiger partial charge in [0.2, 0.25) is 0 Å². The summed E-state index contributed by atoms with van der Waals surface area (Å²) >= 11 is 0. The second-order valence-electron chi connectivity index (χ2n) is 4.72. The first-order valence-electron chi connectivity index (χ1n) is 6.49. The summed E-state index contributed by atoms with van der Waals surface area (Å²) < 4.78 is 37.0. The normalized spacial score (nSPS) is 12.0. The molecule has 5 heteroatoms. The summed E-state index contributed by atoms with van der Waals surface area (Å²) in [4.78, 5) is 0. The Morgan fingerprint density at radius 3 is 2.43 bits per heavy atom. The number of methoxy groups -OCH3 is 1. The van der Waals surface area contributed by atoms with Gasteiger partial charge in [-0.15, -0.1) is 0 Å². The molecule has 21 heavy (non-hydrogen) atoms. The molecule has 112 valence electrons. The molecule has 0 saturated heterocycles. The molecule has 0 fully saturated rings. The van der Waals surface area contributed by atoms with E-state index >= 15 is 0 Å². The fourth-order valence-corrected chi connectivity index (χ4v) is 1.96. The topological polar surface area (TPSA) is 44.5 Å². The third kappa shape index (κ3) is 3.70. The summed E-state index contributed by atoms with van der Waals surface area (Å²) in [6.07, 6.45) is 0. The second-order valence-corrected chi connectivity index (χ2v) is 4.72. The van der Waals surface area contributed by atoms with Crippen molar-refractivity contribution >= 4 is 0 Å². The van der Waals surface area contributed by atoms with Crippen LogP contribution in [0.3, 0.4) is 0 Å². The Kier molecular flexibility index (Phi) is 4.75. The minimum atomic E-state index is -0.491. The van der Waals surface area contributed by atoms with Crippen LogP contribution in [0.5, 0.6) is 11.5 Å². The number of ether oxygens (including phenoxy) is 2. The van der Waals surface area contributed by atoms with Crippen molar-refractivity contribution in [2.24, 2.45) is 5.73 Å². The van der Waals surface area contributed by atoms with E-state index in [1.54, 1.807) is 19.1 Å². The predicted octanol–water partition coefficient (Wildman–Crippen LogP) is 3.36. The Bertz CT molecular complexity index is 632. The summed E-state index contributed by atoms with van der Waals surface area (Å²) in [5, 5.41) is 0. The van der Waals surface area contributed by atoms with Crippen molar-refractivity contribution in [3.63, 3.8) is 0 Å². The molecule has 2 aromatic carbocycles. The molecule has 0 aliphatic heterocycles. The first kappa shape index (κ1) is 15.3. The SMILES string of the molecule is COc1ccc(C(N)COc2ccc(F)cc2C)cc1F.